The number of benzene rings is 1. The number of halogens is 2. The Morgan fingerprint density at radius 2 is 2.22 bits per heavy atom. The summed E-state index contributed by atoms with van der Waals surface area (Å²) in [4.78, 5) is 12.1. The summed E-state index contributed by atoms with van der Waals surface area (Å²) in [6.07, 6.45) is 4.34. The molecule has 0 aromatic heterocycles. The molecule has 1 amide bonds. The monoisotopic (exact) mass is 378 g/mol. The third kappa shape index (κ3) is 3.83. The largest absolute Gasteiger partial charge is 0.323 e. The molecule has 98 valence electrons. The molecule has 1 aliphatic heterocycles. The van der Waals surface area contributed by atoms with Gasteiger partial charge in [0.2, 0.25) is 5.91 Å². The molecule has 1 unspecified atom stereocenters. The van der Waals surface area contributed by atoms with Gasteiger partial charge in [-0.25, -0.2) is 0 Å². The number of hydrogen-bond acceptors (Lipinski definition) is 2. The van der Waals surface area contributed by atoms with Gasteiger partial charge in [0.15, 0.2) is 0 Å². The fraction of sp³-hybridized carbons (Fsp3) is 0.462. The quantitative estimate of drug-likeness (QED) is 0.774. The predicted octanol–water partition coefficient (Wildman–Crippen LogP) is 3.42. The normalized spacial score (nSPS) is 20.2. The van der Waals surface area contributed by atoms with Crippen LogP contribution in [-0.2, 0) is 4.79 Å². The van der Waals surface area contributed by atoms with Gasteiger partial charge in [0.1, 0.15) is 0 Å². The Bertz CT molecular complexity index is 431. The summed E-state index contributed by atoms with van der Waals surface area (Å²) in [6.45, 7) is 0.915. The van der Waals surface area contributed by atoms with E-state index < -0.39 is 0 Å². The zero-order valence-electron chi connectivity index (χ0n) is 10.0. The molecule has 1 atom stereocenters. The van der Waals surface area contributed by atoms with Crippen LogP contribution >= 0.6 is 34.2 Å². The fourth-order valence-corrected chi connectivity index (χ4v) is 2.97. The first-order valence-electron chi connectivity index (χ1n) is 6.16. The summed E-state index contributed by atoms with van der Waals surface area (Å²) >= 11 is 8.30. The smallest absolute Gasteiger partial charge is 0.241 e. The number of hydrogen-bond donors (Lipinski definition) is 2. The van der Waals surface area contributed by atoms with E-state index in [1.54, 1.807) is 0 Å². The van der Waals surface area contributed by atoms with Gasteiger partial charge in [0, 0.05) is 3.57 Å². The van der Waals surface area contributed by atoms with E-state index in [2.05, 4.69) is 33.2 Å². The summed E-state index contributed by atoms with van der Waals surface area (Å²) in [6, 6.07) is 5.53. The predicted molar refractivity (Wildman–Crippen MR) is 83.1 cm³/mol. The number of anilines is 1. The third-order valence-electron chi connectivity index (χ3n) is 3.07. The zero-order valence-corrected chi connectivity index (χ0v) is 12.9. The molecule has 1 aromatic carbocycles. The molecular weight excluding hydrogens is 363 g/mol. The van der Waals surface area contributed by atoms with Crippen LogP contribution in [0.1, 0.15) is 25.7 Å². The average molecular weight is 379 g/mol. The van der Waals surface area contributed by atoms with Crippen molar-refractivity contribution in [1.29, 1.82) is 0 Å². The van der Waals surface area contributed by atoms with Crippen LogP contribution in [0.3, 0.4) is 0 Å². The van der Waals surface area contributed by atoms with Crippen LogP contribution in [0.5, 0.6) is 0 Å². The molecule has 0 aliphatic carbocycles. The van der Waals surface area contributed by atoms with Crippen molar-refractivity contribution in [3.63, 3.8) is 0 Å². The van der Waals surface area contributed by atoms with E-state index in [1.165, 1.54) is 6.42 Å². The topological polar surface area (TPSA) is 41.1 Å². The molecule has 1 aliphatic rings. The number of carbonyl (C=O) groups is 1. The summed E-state index contributed by atoms with van der Waals surface area (Å²) in [5, 5.41) is 6.76. The Balaban J connectivity index is 2.01. The van der Waals surface area contributed by atoms with Crippen LogP contribution in [-0.4, -0.2) is 18.5 Å². The summed E-state index contributed by atoms with van der Waals surface area (Å²) in [5.41, 5.74) is 0.688. The van der Waals surface area contributed by atoms with Crippen molar-refractivity contribution >= 4 is 45.8 Å². The maximum atomic E-state index is 12.1. The highest BCUT2D eigenvalue weighted by Gasteiger charge is 2.20. The van der Waals surface area contributed by atoms with Crippen molar-refractivity contribution in [2.45, 2.75) is 31.7 Å². The Hall–Kier alpha value is -0.330. The van der Waals surface area contributed by atoms with E-state index in [9.17, 15) is 4.79 Å². The minimum Gasteiger partial charge on any atom is -0.323 e. The van der Waals surface area contributed by atoms with Gasteiger partial charge >= 0.3 is 0 Å². The molecular formula is C13H16ClIN2O. The lowest BCUT2D eigenvalue weighted by Gasteiger charge is -2.16. The lowest BCUT2D eigenvalue weighted by molar-refractivity contribution is -0.118. The van der Waals surface area contributed by atoms with Crippen LogP contribution in [0.25, 0.3) is 0 Å². The average Bonchev–Trinajstić information content (AvgIpc) is 2.61. The molecule has 5 heteroatoms. The lowest BCUT2D eigenvalue weighted by Crippen LogP contribution is -2.39. The van der Waals surface area contributed by atoms with Gasteiger partial charge < -0.3 is 10.6 Å². The Kier molecular flexibility index (Phi) is 5.26. The van der Waals surface area contributed by atoms with Crippen molar-refractivity contribution in [2.24, 2.45) is 0 Å². The number of nitrogens with one attached hydrogen (secondary N) is 2. The molecule has 18 heavy (non-hydrogen) atoms. The SMILES string of the molecule is O=C(Nc1ccc(I)cc1Cl)C1CCCCCN1. The molecule has 0 radical (unpaired) electrons. The van der Waals surface area contributed by atoms with Gasteiger partial charge in [-0.3, -0.25) is 4.79 Å². The minimum atomic E-state index is -0.0946. The van der Waals surface area contributed by atoms with Crippen LogP contribution < -0.4 is 10.6 Å². The van der Waals surface area contributed by atoms with E-state index in [1.807, 2.05) is 18.2 Å². The highest BCUT2D eigenvalue weighted by molar-refractivity contribution is 14.1. The molecule has 1 saturated heterocycles. The molecule has 2 N–H and O–H groups in total. The fourth-order valence-electron chi connectivity index (χ4n) is 2.06. The Labute approximate surface area is 126 Å². The van der Waals surface area contributed by atoms with Gasteiger partial charge in [-0.15, -0.1) is 0 Å². The number of carbonyl (C=O) groups excluding carboxylic acids is 1. The second-order valence-corrected chi connectivity index (χ2v) is 6.12. The van der Waals surface area contributed by atoms with E-state index in [-0.39, 0.29) is 11.9 Å². The maximum Gasteiger partial charge on any atom is 0.241 e. The summed E-state index contributed by atoms with van der Waals surface area (Å²) in [7, 11) is 0. The van der Waals surface area contributed by atoms with Crippen LogP contribution in [0, 0.1) is 3.57 Å². The van der Waals surface area contributed by atoms with E-state index in [4.69, 9.17) is 11.6 Å². The van der Waals surface area contributed by atoms with Crippen molar-refractivity contribution in [3.8, 4) is 0 Å². The number of amides is 1. The van der Waals surface area contributed by atoms with Crippen LogP contribution in [0.2, 0.25) is 5.02 Å². The van der Waals surface area contributed by atoms with Crippen LogP contribution in [0.15, 0.2) is 18.2 Å². The second kappa shape index (κ2) is 6.73. The van der Waals surface area contributed by atoms with Crippen molar-refractivity contribution in [2.75, 3.05) is 11.9 Å². The first-order chi connectivity index (χ1) is 8.66. The van der Waals surface area contributed by atoms with Gasteiger partial charge in [-0.1, -0.05) is 24.4 Å². The van der Waals surface area contributed by atoms with Gasteiger partial charge in [-0.2, -0.15) is 0 Å². The lowest BCUT2D eigenvalue weighted by atomic mass is 10.1. The molecule has 0 saturated carbocycles. The van der Waals surface area contributed by atoms with Gasteiger partial charge in [0.25, 0.3) is 0 Å². The Morgan fingerprint density at radius 3 is 3.00 bits per heavy atom. The van der Waals surface area contributed by atoms with Crippen molar-refractivity contribution < 1.29 is 4.79 Å². The molecule has 2 rings (SSSR count). The number of rotatable bonds is 2. The molecule has 1 heterocycles. The van der Waals surface area contributed by atoms with Crippen molar-refractivity contribution in [3.05, 3.63) is 26.8 Å². The van der Waals surface area contributed by atoms with Crippen LogP contribution in [0.4, 0.5) is 5.69 Å². The molecule has 1 aromatic rings. The van der Waals surface area contributed by atoms with Crippen molar-refractivity contribution in [1.82, 2.24) is 5.32 Å². The van der Waals surface area contributed by atoms with E-state index >= 15 is 0 Å². The first-order valence-corrected chi connectivity index (χ1v) is 7.62. The first kappa shape index (κ1) is 14.1. The molecule has 3 nitrogen and oxygen atoms in total. The second-order valence-electron chi connectivity index (χ2n) is 4.47. The molecule has 1 fully saturated rings. The third-order valence-corrected chi connectivity index (χ3v) is 4.05. The zero-order chi connectivity index (χ0) is 13.0. The molecule has 0 spiro atoms. The highest BCUT2D eigenvalue weighted by Crippen LogP contribution is 2.24. The van der Waals surface area contributed by atoms with Gasteiger partial charge in [-0.05, 0) is 60.2 Å². The Morgan fingerprint density at radius 1 is 1.39 bits per heavy atom. The summed E-state index contributed by atoms with van der Waals surface area (Å²) < 4.78 is 1.06. The standard InChI is InChI=1S/C13H16ClIN2O/c14-10-8-9(15)5-6-11(10)17-13(18)12-4-2-1-3-7-16-12/h5-6,8,12,16H,1-4,7H2,(H,17,18). The van der Waals surface area contributed by atoms with Gasteiger partial charge in [0.05, 0.1) is 16.8 Å². The highest BCUT2D eigenvalue weighted by atomic mass is 127. The molecule has 0 bridgehead atoms. The minimum absolute atomic E-state index is 0.0139. The van der Waals surface area contributed by atoms with E-state index in [0.29, 0.717) is 10.7 Å². The summed E-state index contributed by atoms with van der Waals surface area (Å²) in [5.74, 6) is 0.0139. The van der Waals surface area contributed by atoms with E-state index in [0.717, 1.165) is 29.4 Å². The maximum absolute atomic E-state index is 12.1.